The maximum atomic E-state index is 12.5. The lowest BCUT2D eigenvalue weighted by molar-refractivity contribution is -0.0503. The molecule has 1 N–H and O–H groups in total. The number of carbonyl (C=O) groups is 1. The van der Waals surface area contributed by atoms with Crippen LogP contribution in [0.25, 0.3) is 0 Å². The molecule has 0 unspecified atom stereocenters. The molecule has 7 nitrogen and oxygen atoms in total. The Morgan fingerprint density at radius 2 is 2.12 bits per heavy atom. The highest BCUT2D eigenvalue weighted by Gasteiger charge is 2.41. The minimum atomic E-state index is -0.114. The highest BCUT2D eigenvalue weighted by Crippen LogP contribution is 2.25. The molecule has 2 atom stereocenters. The van der Waals surface area contributed by atoms with Crippen molar-refractivity contribution in [2.24, 2.45) is 7.05 Å². The Labute approximate surface area is 147 Å². The third kappa shape index (κ3) is 3.52. The van der Waals surface area contributed by atoms with Crippen LogP contribution in [0, 0.1) is 0 Å². The summed E-state index contributed by atoms with van der Waals surface area (Å²) >= 11 is 0. The summed E-state index contributed by atoms with van der Waals surface area (Å²) in [5.74, 6) is 0.574. The summed E-state index contributed by atoms with van der Waals surface area (Å²) in [4.78, 5) is 16.8. The highest BCUT2D eigenvalue weighted by molar-refractivity contribution is 5.88. The number of carbonyl (C=O) groups excluding carboxylic acids is 1. The number of likely N-dealkylation sites (tertiary alicyclic amines) is 1. The predicted molar refractivity (Wildman–Crippen MR) is 94.2 cm³/mol. The average Bonchev–Trinajstić information content (AvgIpc) is 3.22. The Morgan fingerprint density at radius 1 is 1.28 bits per heavy atom. The number of morpholine rings is 1. The molecule has 4 rings (SSSR count). The number of benzene rings is 1. The number of hydrogen-bond acceptors (Lipinski definition) is 4. The van der Waals surface area contributed by atoms with Crippen LogP contribution in [0.4, 0.5) is 10.6 Å². The lowest BCUT2D eigenvalue weighted by Crippen LogP contribution is -2.50. The molecule has 132 valence electrons. The van der Waals surface area contributed by atoms with E-state index in [-0.39, 0.29) is 18.2 Å². The fourth-order valence-electron chi connectivity index (χ4n) is 3.61. The number of aromatic nitrogens is 2. The molecule has 3 heterocycles. The van der Waals surface area contributed by atoms with E-state index in [2.05, 4.69) is 39.6 Å². The maximum absolute atomic E-state index is 12.5. The van der Waals surface area contributed by atoms with Gasteiger partial charge in [-0.15, -0.1) is 0 Å². The lowest BCUT2D eigenvalue weighted by Gasteiger charge is -2.36. The monoisotopic (exact) mass is 341 g/mol. The number of amides is 2. The standard InChI is InChI=1S/C18H23N5O2/c1-21-8-7-17(20-21)19-18(24)23-12-15-16(13-23)25-10-9-22(15)11-14-5-3-2-4-6-14/h2-8,15-16H,9-13H2,1H3,(H,19,20,24)/t15-,16-/m1/s1. The molecule has 1 aromatic carbocycles. The molecule has 25 heavy (non-hydrogen) atoms. The topological polar surface area (TPSA) is 62.6 Å². The second-order valence-corrected chi connectivity index (χ2v) is 6.64. The van der Waals surface area contributed by atoms with E-state index in [0.717, 1.165) is 13.1 Å². The van der Waals surface area contributed by atoms with Gasteiger partial charge >= 0.3 is 6.03 Å². The largest absolute Gasteiger partial charge is 0.373 e. The minimum absolute atomic E-state index is 0.0759. The minimum Gasteiger partial charge on any atom is -0.373 e. The van der Waals surface area contributed by atoms with Crippen LogP contribution >= 0.6 is 0 Å². The van der Waals surface area contributed by atoms with Crippen LogP contribution < -0.4 is 5.32 Å². The Bertz CT molecular complexity index is 732. The molecular formula is C18H23N5O2. The van der Waals surface area contributed by atoms with Crippen LogP contribution in [0.3, 0.4) is 0 Å². The van der Waals surface area contributed by atoms with Gasteiger partial charge in [0.05, 0.1) is 25.3 Å². The second-order valence-electron chi connectivity index (χ2n) is 6.64. The Kier molecular flexibility index (Phi) is 4.42. The van der Waals surface area contributed by atoms with Gasteiger partial charge in [0.1, 0.15) is 0 Å². The fraction of sp³-hybridized carbons (Fsp3) is 0.444. The molecule has 0 saturated carbocycles. The first-order chi connectivity index (χ1) is 12.2. The van der Waals surface area contributed by atoms with Gasteiger partial charge in [0.2, 0.25) is 0 Å². The zero-order chi connectivity index (χ0) is 17.2. The molecule has 1 aromatic heterocycles. The molecule has 2 fully saturated rings. The van der Waals surface area contributed by atoms with Crippen LogP contribution in [0.15, 0.2) is 42.6 Å². The summed E-state index contributed by atoms with van der Waals surface area (Å²) in [6.45, 7) is 3.79. The summed E-state index contributed by atoms with van der Waals surface area (Å²) < 4.78 is 7.59. The van der Waals surface area contributed by atoms with E-state index in [9.17, 15) is 4.79 Å². The van der Waals surface area contributed by atoms with Crippen LogP contribution in [-0.4, -0.2) is 64.0 Å². The van der Waals surface area contributed by atoms with Gasteiger partial charge < -0.3 is 9.64 Å². The predicted octanol–water partition coefficient (Wildman–Crippen LogP) is 1.54. The van der Waals surface area contributed by atoms with E-state index < -0.39 is 0 Å². The number of urea groups is 1. The van der Waals surface area contributed by atoms with Gasteiger partial charge in [-0.1, -0.05) is 30.3 Å². The van der Waals surface area contributed by atoms with Crippen molar-refractivity contribution in [1.82, 2.24) is 19.6 Å². The van der Waals surface area contributed by atoms with Crippen LogP contribution in [0.2, 0.25) is 0 Å². The van der Waals surface area contributed by atoms with E-state index >= 15 is 0 Å². The van der Waals surface area contributed by atoms with Crippen molar-refractivity contribution in [2.75, 3.05) is 31.6 Å². The summed E-state index contributed by atoms with van der Waals surface area (Å²) in [6, 6.07) is 12.4. The molecule has 7 heteroatoms. The molecule has 2 aliphatic heterocycles. The Morgan fingerprint density at radius 3 is 2.88 bits per heavy atom. The maximum Gasteiger partial charge on any atom is 0.323 e. The number of rotatable bonds is 3. The van der Waals surface area contributed by atoms with E-state index in [1.165, 1.54) is 5.56 Å². The van der Waals surface area contributed by atoms with Crippen molar-refractivity contribution in [1.29, 1.82) is 0 Å². The van der Waals surface area contributed by atoms with E-state index in [4.69, 9.17) is 4.74 Å². The smallest absolute Gasteiger partial charge is 0.323 e. The second kappa shape index (κ2) is 6.85. The quantitative estimate of drug-likeness (QED) is 0.920. The van der Waals surface area contributed by atoms with Crippen molar-refractivity contribution in [3.63, 3.8) is 0 Å². The first kappa shape index (κ1) is 16.1. The third-order valence-electron chi connectivity index (χ3n) is 4.88. The van der Waals surface area contributed by atoms with Crippen molar-refractivity contribution in [3.8, 4) is 0 Å². The lowest BCUT2D eigenvalue weighted by atomic mass is 10.1. The molecule has 2 amide bonds. The van der Waals surface area contributed by atoms with Crippen LogP contribution in [-0.2, 0) is 18.3 Å². The summed E-state index contributed by atoms with van der Waals surface area (Å²) in [5.41, 5.74) is 1.29. The number of aryl methyl sites for hydroxylation is 1. The van der Waals surface area contributed by atoms with Crippen molar-refractivity contribution >= 4 is 11.8 Å². The summed E-state index contributed by atoms with van der Waals surface area (Å²) in [5, 5.41) is 7.06. The normalized spacial score (nSPS) is 23.5. The molecule has 2 aromatic rings. The molecular weight excluding hydrogens is 318 g/mol. The average molecular weight is 341 g/mol. The molecule has 0 bridgehead atoms. The van der Waals surface area contributed by atoms with Crippen molar-refractivity contribution in [3.05, 3.63) is 48.2 Å². The Hall–Kier alpha value is -2.38. The molecule has 0 spiro atoms. The number of anilines is 1. The molecule has 2 saturated heterocycles. The number of nitrogens with one attached hydrogen (secondary N) is 1. The SMILES string of the molecule is Cn1ccc(NC(=O)N2C[C@@H]3[C@@H](C2)OCCN3Cc2ccccc2)n1. The Balaban J connectivity index is 1.40. The van der Waals surface area contributed by atoms with Gasteiger partial charge in [0.25, 0.3) is 0 Å². The first-order valence-electron chi connectivity index (χ1n) is 8.64. The first-order valence-corrected chi connectivity index (χ1v) is 8.64. The van der Waals surface area contributed by atoms with Crippen LogP contribution in [0.5, 0.6) is 0 Å². The zero-order valence-corrected chi connectivity index (χ0v) is 14.3. The van der Waals surface area contributed by atoms with Gasteiger partial charge in [-0.3, -0.25) is 14.9 Å². The van der Waals surface area contributed by atoms with Crippen molar-refractivity contribution in [2.45, 2.75) is 18.7 Å². The van der Waals surface area contributed by atoms with E-state index in [0.29, 0.717) is 25.5 Å². The third-order valence-corrected chi connectivity index (χ3v) is 4.88. The van der Waals surface area contributed by atoms with Gasteiger partial charge in [0.15, 0.2) is 5.82 Å². The van der Waals surface area contributed by atoms with Gasteiger partial charge in [0, 0.05) is 38.9 Å². The highest BCUT2D eigenvalue weighted by atomic mass is 16.5. The van der Waals surface area contributed by atoms with Gasteiger partial charge in [-0.05, 0) is 5.56 Å². The summed E-state index contributed by atoms with van der Waals surface area (Å²) in [6.07, 6.45) is 1.89. The van der Waals surface area contributed by atoms with Gasteiger partial charge in [-0.2, -0.15) is 5.10 Å². The number of fused-ring (bicyclic) bond motifs is 1. The van der Waals surface area contributed by atoms with E-state index in [1.807, 2.05) is 24.2 Å². The number of hydrogen-bond donors (Lipinski definition) is 1. The molecule has 0 radical (unpaired) electrons. The fourth-order valence-corrected chi connectivity index (χ4v) is 3.61. The summed E-state index contributed by atoms with van der Waals surface area (Å²) in [7, 11) is 1.83. The molecule has 0 aliphatic carbocycles. The van der Waals surface area contributed by atoms with Crippen molar-refractivity contribution < 1.29 is 9.53 Å². The number of ether oxygens (including phenoxy) is 1. The van der Waals surface area contributed by atoms with Crippen LogP contribution in [0.1, 0.15) is 5.56 Å². The number of nitrogens with zero attached hydrogens (tertiary/aromatic N) is 4. The molecule has 2 aliphatic rings. The van der Waals surface area contributed by atoms with Gasteiger partial charge in [-0.25, -0.2) is 4.79 Å². The van der Waals surface area contributed by atoms with E-state index in [1.54, 1.807) is 10.7 Å². The zero-order valence-electron chi connectivity index (χ0n) is 14.3.